The lowest BCUT2D eigenvalue weighted by molar-refractivity contribution is 1.11. The molecule has 0 aliphatic rings. The molecule has 1 aromatic heterocycles. The molecule has 0 aliphatic heterocycles. The molecule has 0 N–H and O–H groups in total. The highest BCUT2D eigenvalue weighted by molar-refractivity contribution is 5.58. The maximum Gasteiger partial charge on any atom is 0.0702 e. The highest BCUT2D eigenvalue weighted by atomic mass is 14.7. The molecule has 0 saturated heterocycles. The molecular formula is C15H19N. The van der Waals surface area contributed by atoms with Crippen LogP contribution in [0.3, 0.4) is 0 Å². The monoisotopic (exact) mass is 213 g/mol. The molecule has 2 rings (SSSR count). The minimum absolute atomic E-state index is 1.04. The lowest BCUT2D eigenvalue weighted by Crippen LogP contribution is -1.85. The van der Waals surface area contributed by atoms with Crippen LogP contribution in [0.4, 0.5) is 0 Å². The minimum Gasteiger partial charge on any atom is -0.256 e. The molecule has 16 heavy (non-hydrogen) atoms. The van der Waals surface area contributed by atoms with Gasteiger partial charge in [0.05, 0.1) is 5.69 Å². The Hall–Kier alpha value is -1.63. The zero-order chi connectivity index (χ0) is 11.8. The van der Waals surface area contributed by atoms with Crippen LogP contribution in [0.5, 0.6) is 0 Å². The summed E-state index contributed by atoms with van der Waals surface area (Å²) in [5.74, 6) is 0. The van der Waals surface area contributed by atoms with Gasteiger partial charge in [-0.05, 0) is 18.1 Å². The number of rotatable bonds is 2. The molecule has 0 atom stereocenters. The van der Waals surface area contributed by atoms with E-state index in [1.54, 1.807) is 0 Å². The molecule has 0 unspecified atom stereocenters. The highest BCUT2D eigenvalue weighted by Crippen LogP contribution is 2.15. The van der Waals surface area contributed by atoms with E-state index in [1.807, 2.05) is 38.2 Å². The van der Waals surface area contributed by atoms with Gasteiger partial charge in [0.1, 0.15) is 0 Å². The van der Waals surface area contributed by atoms with E-state index >= 15 is 0 Å². The van der Waals surface area contributed by atoms with E-state index in [1.165, 1.54) is 11.1 Å². The van der Waals surface area contributed by atoms with Gasteiger partial charge in [0.25, 0.3) is 0 Å². The summed E-state index contributed by atoms with van der Waals surface area (Å²) >= 11 is 0. The summed E-state index contributed by atoms with van der Waals surface area (Å²) in [6.45, 7) is 6.14. The first-order chi connectivity index (χ1) is 7.90. The predicted molar refractivity (Wildman–Crippen MR) is 70.4 cm³/mol. The lowest BCUT2D eigenvalue weighted by atomic mass is 10.1. The van der Waals surface area contributed by atoms with Crippen molar-refractivity contribution in [2.45, 2.75) is 27.2 Å². The zero-order valence-electron chi connectivity index (χ0n) is 10.3. The van der Waals surface area contributed by atoms with E-state index in [0.29, 0.717) is 0 Å². The second-order valence-electron chi connectivity index (χ2n) is 3.27. The molecule has 0 fully saturated rings. The van der Waals surface area contributed by atoms with Gasteiger partial charge in [0.2, 0.25) is 0 Å². The Labute approximate surface area is 98.2 Å². The van der Waals surface area contributed by atoms with E-state index in [2.05, 4.69) is 36.2 Å². The van der Waals surface area contributed by atoms with Crippen molar-refractivity contribution >= 4 is 0 Å². The fourth-order valence-corrected chi connectivity index (χ4v) is 1.41. The summed E-state index contributed by atoms with van der Waals surface area (Å²) in [7, 11) is 0. The molecule has 0 bridgehead atoms. The van der Waals surface area contributed by atoms with Gasteiger partial charge >= 0.3 is 0 Å². The normalized spacial score (nSPS) is 9.19. The number of hydrogen-bond donors (Lipinski definition) is 0. The fourth-order valence-electron chi connectivity index (χ4n) is 1.41. The molecular weight excluding hydrogens is 194 g/mol. The van der Waals surface area contributed by atoms with E-state index < -0.39 is 0 Å². The highest BCUT2D eigenvalue weighted by Gasteiger charge is 1.96. The standard InChI is InChI=1S/C13H13N.C2H6/c1-2-11-8-9-13(14-10-11)12-6-4-3-5-7-12;1-2/h3-10H,2H2,1H3;1-2H3. The summed E-state index contributed by atoms with van der Waals surface area (Å²) < 4.78 is 0. The average molecular weight is 213 g/mol. The van der Waals surface area contributed by atoms with Crippen molar-refractivity contribution in [2.75, 3.05) is 0 Å². The van der Waals surface area contributed by atoms with Crippen molar-refractivity contribution in [2.24, 2.45) is 0 Å². The Morgan fingerprint density at radius 2 is 1.62 bits per heavy atom. The smallest absolute Gasteiger partial charge is 0.0702 e. The Bertz CT molecular complexity index is 390. The van der Waals surface area contributed by atoms with E-state index in [0.717, 1.165) is 12.1 Å². The van der Waals surface area contributed by atoms with Crippen LogP contribution in [0.15, 0.2) is 48.7 Å². The van der Waals surface area contributed by atoms with Crippen molar-refractivity contribution in [1.29, 1.82) is 0 Å². The van der Waals surface area contributed by atoms with Crippen LogP contribution in [0.2, 0.25) is 0 Å². The molecule has 84 valence electrons. The van der Waals surface area contributed by atoms with Gasteiger partial charge in [-0.15, -0.1) is 0 Å². The van der Waals surface area contributed by atoms with Gasteiger partial charge < -0.3 is 0 Å². The summed E-state index contributed by atoms with van der Waals surface area (Å²) in [5.41, 5.74) is 3.50. The van der Waals surface area contributed by atoms with Crippen molar-refractivity contribution in [3.63, 3.8) is 0 Å². The molecule has 0 radical (unpaired) electrons. The lowest BCUT2D eigenvalue weighted by Gasteiger charge is -2.01. The van der Waals surface area contributed by atoms with Crippen molar-refractivity contribution in [1.82, 2.24) is 4.98 Å². The molecule has 2 aromatic rings. The molecule has 1 heteroatoms. The topological polar surface area (TPSA) is 12.9 Å². The van der Waals surface area contributed by atoms with Crippen LogP contribution >= 0.6 is 0 Å². The van der Waals surface area contributed by atoms with Gasteiger partial charge in [0, 0.05) is 11.8 Å². The number of pyridine rings is 1. The van der Waals surface area contributed by atoms with Gasteiger partial charge in [0.15, 0.2) is 0 Å². The third-order valence-electron chi connectivity index (χ3n) is 2.30. The van der Waals surface area contributed by atoms with Crippen molar-refractivity contribution in [3.05, 3.63) is 54.2 Å². The molecule has 0 aliphatic carbocycles. The van der Waals surface area contributed by atoms with Crippen LogP contribution in [0.1, 0.15) is 26.3 Å². The largest absolute Gasteiger partial charge is 0.256 e. The fraction of sp³-hybridized carbons (Fsp3) is 0.267. The molecule has 0 saturated carbocycles. The Kier molecular flexibility index (Phi) is 5.27. The second kappa shape index (κ2) is 6.78. The zero-order valence-corrected chi connectivity index (χ0v) is 10.3. The Balaban J connectivity index is 0.000000606. The van der Waals surface area contributed by atoms with Crippen molar-refractivity contribution in [3.8, 4) is 11.3 Å². The third kappa shape index (κ3) is 3.20. The number of nitrogens with zero attached hydrogens (tertiary/aromatic N) is 1. The summed E-state index contributed by atoms with van der Waals surface area (Å²) in [6.07, 6.45) is 2.99. The second-order valence-corrected chi connectivity index (χ2v) is 3.27. The molecule has 0 spiro atoms. The predicted octanol–water partition coefficient (Wildman–Crippen LogP) is 4.34. The molecule has 0 amide bonds. The van der Waals surface area contributed by atoms with Crippen LogP contribution in [-0.2, 0) is 6.42 Å². The minimum atomic E-state index is 1.04. The summed E-state index contributed by atoms with van der Waals surface area (Å²) in [6, 6.07) is 14.4. The SMILES string of the molecule is CC.CCc1ccc(-c2ccccc2)nc1. The van der Waals surface area contributed by atoms with Crippen LogP contribution in [-0.4, -0.2) is 4.98 Å². The number of benzene rings is 1. The average Bonchev–Trinajstić information content (AvgIpc) is 2.42. The number of aryl methyl sites for hydroxylation is 1. The number of aromatic nitrogens is 1. The van der Waals surface area contributed by atoms with Gasteiger partial charge in [-0.2, -0.15) is 0 Å². The van der Waals surface area contributed by atoms with E-state index in [4.69, 9.17) is 0 Å². The summed E-state index contributed by atoms with van der Waals surface area (Å²) in [5, 5.41) is 0. The molecule has 1 aromatic carbocycles. The van der Waals surface area contributed by atoms with Gasteiger partial charge in [-0.25, -0.2) is 0 Å². The summed E-state index contributed by atoms with van der Waals surface area (Å²) in [4.78, 5) is 4.42. The van der Waals surface area contributed by atoms with Crippen molar-refractivity contribution < 1.29 is 0 Å². The molecule has 1 nitrogen and oxygen atoms in total. The van der Waals surface area contributed by atoms with Crippen LogP contribution in [0.25, 0.3) is 11.3 Å². The first kappa shape index (κ1) is 12.4. The van der Waals surface area contributed by atoms with E-state index in [9.17, 15) is 0 Å². The van der Waals surface area contributed by atoms with Gasteiger partial charge in [-0.1, -0.05) is 57.2 Å². The quantitative estimate of drug-likeness (QED) is 0.723. The molecule has 1 heterocycles. The first-order valence-electron chi connectivity index (χ1n) is 5.90. The maximum atomic E-state index is 4.42. The Morgan fingerprint density at radius 3 is 2.12 bits per heavy atom. The van der Waals surface area contributed by atoms with Crippen LogP contribution in [0, 0.1) is 0 Å². The third-order valence-corrected chi connectivity index (χ3v) is 2.30. The van der Waals surface area contributed by atoms with Gasteiger partial charge in [-0.3, -0.25) is 4.98 Å². The van der Waals surface area contributed by atoms with Crippen LogP contribution < -0.4 is 0 Å². The van der Waals surface area contributed by atoms with E-state index in [-0.39, 0.29) is 0 Å². The maximum absolute atomic E-state index is 4.42. The number of hydrogen-bond acceptors (Lipinski definition) is 1. The Morgan fingerprint density at radius 1 is 0.938 bits per heavy atom. The first-order valence-corrected chi connectivity index (χ1v) is 5.90.